The zero-order chi connectivity index (χ0) is 16.4. The summed E-state index contributed by atoms with van der Waals surface area (Å²) in [5, 5.41) is 9.23. The largest absolute Gasteiger partial charge is 0.458 e. The Kier molecular flexibility index (Phi) is 5.04. The zero-order valence-electron chi connectivity index (χ0n) is 13.6. The Bertz CT molecular complexity index is 442. The van der Waals surface area contributed by atoms with Gasteiger partial charge in [-0.3, -0.25) is 4.90 Å². The Morgan fingerprint density at radius 2 is 1.71 bits per heavy atom. The van der Waals surface area contributed by atoms with Gasteiger partial charge in [0.25, 0.3) is 0 Å². The van der Waals surface area contributed by atoms with Crippen LogP contribution in [-0.2, 0) is 14.3 Å². The van der Waals surface area contributed by atoms with E-state index in [1.807, 2.05) is 0 Å². The molecule has 1 aliphatic heterocycles. The van der Waals surface area contributed by atoms with Gasteiger partial charge in [0, 0.05) is 12.6 Å². The van der Waals surface area contributed by atoms with Gasteiger partial charge in [-0.05, 0) is 47.1 Å². The smallest absolute Gasteiger partial charge is 0.415 e. The van der Waals surface area contributed by atoms with Crippen LogP contribution in [0.3, 0.4) is 0 Å². The van der Waals surface area contributed by atoms with E-state index in [2.05, 4.69) is 0 Å². The second kappa shape index (κ2) is 6.05. The van der Waals surface area contributed by atoms with E-state index in [1.165, 1.54) is 11.1 Å². The molecule has 0 aromatic carbocycles. The molecule has 0 saturated heterocycles. The molecular formula is C15H25NO5. The summed E-state index contributed by atoms with van der Waals surface area (Å²) in [6, 6.07) is -0.791. The maximum atomic E-state index is 12.2. The van der Waals surface area contributed by atoms with Crippen LogP contribution in [-0.4, -0.2) is 45.9 Å². The number of hydrogen-bond acceptors (Lipinski definition) is 5. The Hall–Kier alpha value is -1.56. The van der Waals surface area contributed by atoms with Gasteiger partial charge in [0.2, 0.25) is 0 Å². The number of hydrogen-bond donors (Lipinski definition) is 1. The summed E-state index contributed by atoms with van der Waals surface area (Å²) in [6.45, 7) is 10.3. The third-order valence-corrected chi connectivity index (χ3v) is 2.60. The molecule has 0 spiro atoms. The van der Waals surface area contributed by atoms with E-state index in [-0.39, 0.29) is 13.0 Å². The highest BCUT2D eigenvalue weighted by atomic mass is 16.6. The summed E-state index contributed by atoms with van der Waals surface area (Å²) in [4.78, 5) is 25.6. The van der Waals surface area contributed by atoms with Gasteiger partial charge in [-0.15, -0.1) is 0 Å². The fraction of sp³-hybridized carbons (Fsp3) is 0.733. The third kappa shape index (κ3) is 5.38. The number of aliphatic hydroxyl groups is 1. The van der Waals surface area contributed by atoms with Gasteiger partial charge in [0.15, 0.2) is 0 Å². The lowest BCUT2D eigenvalue weighted by Crippen LogP contribution is -2.44. The van der Waals surface area contributed by atoms with Crippen molar-refractivity contribution in [2.24, 2.45) is 0 Å². The molecule has 0 unspecified atom stereocenters. The van der Waals surface area contributed by atoms with Gasteiger partial charge < -0.3 is 14.6 Å². The fourth-order valence-electron chi connectivity index (χ4n) is 1.85. The van der Waals surface area contributed by atoms with Gasteiger partial charge in [0.05, 0.1) is 6.61 Å². The first kappa shape index (κ1) is 17.5. The Morgan fingerprint density at radius 3 is 2.14 bits per heavy atom. The van der Waals surface area contributed by atoms with E-state index in [1.54, 1.807) is 41.5 Å². The highest BCUT2D eigenvalue weighted by Gasteiger charge is 2.39. The predicted molar refractivity (Wildman–Crippen MR) is 77.5 cm³/mol. The van der Waals surface area contributed by atoms with E-state index in [4.69, 9.17) is 9.47 Å². The van der Waals surface area contributed by atoms with E-state index < -0.39 is 29.3 Å². The van der Waals surface area contributed by atoms with Crippen molar-refractivity contribution < 1.29 is 24.2 Å². The molecule has 1 rings (SSSR count). The van der Waals surface area contributed by atoms with Crippen molar-refractivity contribution in [3.63, 3.8) is 0 Å². The van der Waals surface area contributed by atoms with Crippen LogP contribution in [0.1, 0.15) is 48.0 Å². The molecule has 120 valence electrons. The molecule has 0 aromatic heterocycles. The zero-order valence-corrected chi connectivity index (χ0v) is 13.6. The molecule has 0 radical (unpaired) electrons. The summed E-state index contributed by atoms with van der Waals surface area (Å²) in [6.07, 6.45) is 1.09. The normalized spacial score (nSPS) is 19.3. The van der Waals surface area contributed by atoms with Crippen LogP contribution in [0, 0.1) is 0 Å². The number of carbonyl (C=O) groups is 2. The molecule has 6 heteroatoms. The quantitative estimate of drug-likeness (QED) is 0.791. The predicted octanol–water partition coefficient (Wildman–Crippen LogP) is 2.21. The van der Waals surface area contributed by atoms with E-state index in [9.17, 15) is 14.7 Å². The van der Waals surface area contributed by atoms with Crippen molar-refractivity contribution >= 4 is 12.1 Å². The maximum absolute atomic E-state index is 12.2. The van der Waals surface area contributed by atoms with Gasteiger partial charge in [-0.1, -0.05) is 0 Å². The first-order valence-electron chi connectivity index (χ1n) is 6.97. The van der Waals surface area contributed by atoms with Gasteiger partial charge >= 0.3 is 12.1 Å². The number of esters is 1. The van der Waals surface area contributed by atoms with Crippen molar-refractivity contribution in [1.29, 1.82) is 0 Å². The lowest BCUT2D eigenvalue weighted by molar-refractivity contribution is -0.159. The number of rotatable bonds is 2. The van der Waals surface area contributed by atoms with E-state index in [0.717, 1.165) is 0 Å². The molecular weight excluding hydrogens is 274 g/mol. The van der Waals surface area contributed by atoms with Crippen molar-refractivity contribution in [2.45, 2.75) is 65.2 Å². The summed E-state index contributed by atoms with van der Waals surface area (Å²) in [7, 11) is 0. The van der Waals surface area contributed by atoms with Crippen LogP contribution in [0.4, 0.5) is 4.79 Å². The van der Waals surface area contributed by atoms with Crippen molar-refractivity contribution in [1.82, 2.24) is 4.90 Å². The van der Waals surface area contributed by atoms with Crippen LogP contribution in [0.15, 0.2) is 11.8 Å². The number of carbonyl (C=O) groups excluding carboxylic acids is 2. The molecule has 1 aliphatic rings. The molecule has 0 bridgehead atoms. The van der Waals surface area contributed by atoms with Crippen molar-refractivity contribution in [2.75, 3.05) is 6.61 Å². The molecule has 1 atom stereocenters. The molecule has 1 heterocycles. The minimum absolute atomic E-state index is 0.210. The minimum Gasteiger partial charge on any atom is -0.458 e. The summed E-state index contributed by atoms with van der Waals surface area (Å²) >= 11 is 0. The van der Waals surface area contributed by atoms with Gasteiger partial charge in [-0.2, -0.15) is 0 Å². The van der Waals surface area contributed by atoms with Crippen molar-refractivity contribution in [3.8, 4) is 0 Å². The molecule has 0 aliphatic carbocycles. The van der Waals surface area contributed by atoms with Crippen LogP contribution in [0.25, 0.3) is 0 Å². The first-order valence-corrected chi connectivity index (χ1v) is 6.97. The van der Waals surface area contributed by atoms with Crippen LogP contribution >= 0.6 is 0 Å². The SMILES string of the molecule is CC(C)(C)OC(=O)[C@@H]1CC(CO)=CN1C(=O)OC(C)(C)C. The molecule has 1 amide bonds. The van der Waals surface area contributed by atoms with Crippen LogP contribution in [0.5, 0.6) is 0 Å². The Morgan fingerprint density at radius 1 is 1.19 bits per heavy atom. The average Bonchev–Trinajstić information content (AvgIpc) is 2.68. The molecule has 21 heavy (non-hydrogen) atoms. The third-order valence-electron chi connectivity index (χ3n) is 2.60. The number of aliphatic hydroxyl groups excluding tert-OH is 1. The van der Waals surface area contributed by atoms with E-state index >= 15 is 0 Å². The lowest BCUT2D eigenvalue weighted by Gasteiger charge is -2.29. The molecule has 0 saturated carbocycles. The van der Waals surface area contributed by atoms with Gasteiger partial charge in [0.1, 0.15) is 17.2 Å². The lowest BCUT2D eigenvalue weighted by atomic mass is 10.1. The second-order valence-corrected chi connectivity index (χ2v) is 7.09. The molecule has 0 aromatic rings. The maximum Gasteiger partial charge on any atom is 0.415 e. The monoisotopic (exact) mass is 299 g/mol. The standard InChI is InChI=1S/C15H25NO5/c1-14(2,3)20-12(18)11-7-10(9-17)8-16(11)13(19)21-15(4,5)6/h8,11,17H,7,9H2,1-6H3/t11-/m0/s1. The topological polar surface area (TPSA) is 76.1 Å². The van der Waals surface area contributed by atoms with Crippen molar-refractivity contribution in [3.05, 3.63) is 11.8 Å². The number of nitrogens with zero attached hydrogens (tertiary/aromatic N) is 1. The fourth-order valence-corrected chi connectivity index (χ4v) is 1.85. The highest BCUT2D eigenvalue weighted by Crippen LogP contribution is 2.26. The first-order chi connectivity index (χ1) is 9.43. The molecule has 0 fully saturated rings. The number of ether oxygens (including phenoxy) is 2. The van der Waals surface area contributed by atoms with Crippen LogP contribution < -0.4 is 0 Å². The Labute approximate surface area is 125 Å². The molecule has 1 N–H and O–H groups in total. The summed E-state index contributed by atoms with van der Waals surface area (Å²) in [5.41, 5.74) is -0.707. The van der Waals surface area contributed by atoms with E-state index in [0.29, 0.717) is 5.57 Å². The van der Waals surface area contributed by atoms with Crippen LogP contribution in [0.2, 0.25) is 0 Å². The number of amides is 1. The highest BCUT2D eigenvalue weighted by molar-refractivity contribution is 5.84. The molecule has 6 nitrogen and oxygen atoms in total. The second-order valence-electron chi connectivity index (χ2n) is 7.09. The summed E-state index contributed by atoms with van der Waals surface area (Å²) < 4.78 is 10.6. The summed E-state index contributed by atoms with van der Waals surface area (Å²) in [5.74, 6) is -0.506. The van der Waals surface area contributed by atoms with Gasteiger partial charge in [-0.25, -0.2) is 9.59 Å². The Balaban J connectivity index is 2.88. The minimum atomic E-state index is -0.791. The average molecular weight is 299 g/mol.